The second-order valence-electron chi connectivity index (χ2n) is 5.10. The molecule has 2 heteroatoms. The SMILES string of the molecule is Cc1ccc2c(c1C)N(CC=O)c1ccccc1C2. The van der Waals surface area contributed by atoms with Crippen LogP contribution in [-0.2, 0) is 11.2 Å². The van der Waals surface area contributed by atoms with E-state index in [1.807, 2.05) is 6.07 Å². The number of hydrogen-bond acceptors (Lipinski definition) is 2. The van der Waals surface area contributed by atoms with E-state index in [1.54, 1.807) is 0 Å². The molecule has 0 spiro atoms. The maximum absolute atomic E-state index is 11.0. The van der Waals surface area contributed by atoms with Crippen molar-refractivity contribution in [2.75, 3.05) is 11.4 Å². The third kappa shape index (κ3) is 1.84. The summed E-state index contributed by atoms with van der Waals surface area (Å²) in [4.78, 5) is 13.2. The highest BCUT2D eigenvalue weighted by Crippen LogP contribution is 2.40. The molecule has 2 nitrogen and oxygen atoms in total. The highest BCUT2D eigenvalue weighted by molar-refractivity contribution is 5.81. The Morgan fingerprint density at radius 3 is 2.68 bits per heavy atom. The van der Waals surface area contributed by atoms with Crippen molar-refractivity contribution in [3.8, 4) is 0 Å². The predicted octanol–water partition coefficient (Wildman–Crippen LogP) is 3.54. The first kappa shape index (κ1) is 12.0. The van der Waals surface area contributed by atoms with Gasteiger partial charge >= 0.3 is 0 Å². The van der Waals surface area contributed by atoms with Gasteiger partial charge in [0.25, 0.3) is 0 Å². The highest BCUT2D eigenvalue weighted by atomic mass is 16.1. The fourth-order valence-electron chi connectivity index (χ4n) is 2.89. The van der Waals surface area contributed by atoms with Crippen LogP contribution in [0.3, 0.4) is 0 Å². The predicted molar refractivity (Wildman–Crippen MR) is 78.2 cm³/mol. The van der Waals surface area contributed by atoms with Crippen molar-refractivity contribution in [1.29, 1.82) is 0 Å². The maximum atomic E-state index is 11.0. The molecule has 3 rings (SSSR count). The van der Waals surface area contributed by atoms with Gasteiger partial charge in [-0.2, -0.15) is 0 Å². The number of anilines is 2. The molecule has 0 aromatic heterocycles. The maximum Gasteiger partial charge on any atom is 0.139 e. The van der Waals surface area contributed by atoms with E-state index in [0.29, 0.717) is 6.54 Å². The molecule has 2 aromatic carbocycles. The highest BCUT2D eigenvalue weighted by Gasteiger charge is 2.23. The second kappa shape index (κ2) is 4.54. The number of rotatable bonds is 2. The molecule has 96 valence electrons. The number of benzene rings is 2. The third-order valence-electron chi connectivity index (χ3n) is 3.98. The number of para-hydroxylation sites is 1. The monoisotopic (exact) mass is 251 g/mol. The molecule has 0 saturated heterocycles. The van der Waals surface area contributed by atoms with Crippen molar-refractivity contribution in [2.45, 2.75) is 20.3 Å². The summed E-state index contributed by atoms with van der Waals surface area (Å²) in [5.74, 6) is 0. The summed E-state index contributed by atoms with van der Waals surface area (Å²) in [5, 5.41) is 0. The van der Waals surface area contributed by atoms with Gasteiger partial charge < -0.3 is 9.69 Å². The molecule has 1 aliphatic rings. The van der Waals surface area contributed by atoms with Gasteiger partial charge in [0.15, 0.2) is 0 Å². The smallest absolute Gasteiger partial charge is 0.139 e. The van der Waals surface area contributed by atoms with Crippen LogP contribution < -0.4 is 4.90 Å². The zero-order valence-electron chi connectivity index (χ0n) is 11.3. The second-order valence-corrected chi connectivity index (χ2v) is 5.10. The molecule has 0 fully saturated rings. The summed E-state index contributed by atoms with van der Waals surface area (Å²) in [6.45, 7) is 4.67. The molecular weight excluding hydrogens is 234 g/mol. The number of aryl methyl sites for hydroxylation is 1. The molecule has 0 bridgehead atoms. The zero-order chi connectivity index (χ0) is 13.4. The van der Waals surface area contributed by atoms with Gasteiger partial charge in [-0.25, -0.2) is 0 Å². The van der Waals surface area contributed by atoms with Crippen molar-refractivity contribution < 1.29 is 4.79 Å². The van der Waals surface area contributed by atoms with Crippen LogP contribution in [0.2, 0.25) is 0 Å². The summed E-state index contributed by atoms with van der Waals surface area (Å²) < 4.78 is 0. The lowest BCUT2D eigenvalue weighted by Crippen LogP contribution is -2.26. The van der Waals surface area contributed by atoms with E-state index in [0.717, 1.165) is 18.4 Å². The lowest BCUT2D eigenvalue weighted by molar-refractivity contribution is -0.106. The fraction of sp³-hybridized carbons (Fsp3) is 0.235. The van der Waals surface area contributed by atoms with Crippen molar-refractivity contribution in [3.63, 3.8) is 0 Å². The lowest BCUT2D eigenvalue weighted by Gasteiger charge is -2.34. The van der Waals surface area contributed by atoms with E-state index in [9.17, 15) is 4.79 Å². The van der Waals surface area contributed by atoms with Crippen molar-refractivity contribution >= 4 is 17.7 Å². The molecule has 0 amide bonds. The number of carbonyl (C=O) groups is 1. The largest absolute Gasteiger partial charge is 0.334 e. The summed E-state index contributed by atoms with van der Waals surface area (Å²) in [6.07, 6.45) is 1.93. The Morgan fingerprint density at radius 1 is 1.11 bits per heavy atom. The Balaban J connectivity index is 2.23. The Labute approximate surface area is 113 Å². The van der Waals surface area contributed by atoms with Gasteiger partial charge in [-0.05, 0) is 42.2 Å². The summed E-state index contributed by atoms with van der Waals surface area (Å²) in [5.41, 5.74) is 7.52. The van der Waals surface area contributed by atoms with E-state index < -0.39 is 0 Å². The molecule has 0 N–H and O–H groups in total. The van der Waals surface area contributed by atoms with Crippen LogP contribution in [0.15, 0.2) is 36.4 Å². The molecule has 19 heavy (non-hydrogen) atoms. The Hall–Kier alpha value is -2.09. The molecule has 0 atom stereocenters. The van der Waals surface area contributed by atoms with E-state index >= 15 is 0 Å². The van der Waals surface area contributed by atoms with Gasteiger partial charge in [0, 0.05) is 17.8 Å². The average Bonchev–Trinajstić information content (AvgIpc) is 2.43. The van der Waals surface area contributed by atoms with E-state index in [2.05, 4.69) is 49.1 Å². The molecule has 1 aliphatic heterocycles. The first-order valence-corrected chi connectivity index (χ1v) is 6.60. The minimum absolute atomic E-state index is 0.411. The van der Waals surface area contributed by atoms with Crippen LogP contribution in [0, 0.1) is 13.8 Å². The van der Waals surface area contributed by atoms with Gasteiger partial charge in [0.2, 0.25) is 0 Å². The Kier molecular flexibility index (Phi) is 2.86. The molecule has 0 radical (unpaired) electrons. The van der Waals surface area contributed by atoms with Crippen LogP contribution in [0.25, 0.3) is 0 Å². The van der Waals surface area contributed by atoms with Crippen molar-refractivity contribution in [3.05, 3.63) is 58.7 Å². The van der Waals surface area contributed by atoms with Crippen molar-refractivity contribution in [1.82, 2.24) is 0 Å². The van der Waals surface area contributed by atoms with Crippen LogP contribution >= 0.6 is 0 Å². The molecule has 0 saturated carbocycles. The quantitative estimate of drug-likeness (QED) is 0.761. The first-order chi connectivity index (χ1) is 9.22. The fourth-order valence-corrected chi connectivity index (χ4v) is 2.89. The van der Waals surface area contributed by atoms with E-state index in [-0.39, 0.29) is 0 Å². The average molecular weight is 251 g/mol. The molecule has 0 unspecified atom stereocenters. The first-order valence-electron chi connectivity index (χ1n) is 6.60. The van der Waals surface area contributed by atoms with Gasteiger partial charge in [-0.3, -0.25) is 0 Å². The van der Waals surface area contributed by atoms with E-state index in [1.165, 1.54) is 27.9 Å². The van der Waals surface area contributed by atoms with Crippen LogP contribution in [-0.4, -0.2) is 12.8 Å². The zero-order valence-corrected chi connectivity index (χ0v) is 11.3. The Bertz CT molecular complexity index is 646. The topological polar surface area (TPSA) is 20.3 Å². The lowest BCUT2D eigenvalue weighted by atomic mass is 9.91. The summed E-state index contributed by atoms with van der Waals surface area (Å²) >= 11 is 0. The molecule has 0 aliphatic carbocycles. The number of hydrogen-bond donors (Lipinski definition) is 0. The van der Waals surface area contributed by atoms with E-state index in [4.69, 9.17) is 0 Å². The van der Waals surface area contributed by atoms with Crippen LogP contribution in [0.4, 0.5) is 11.4 Å². The number of fused-ring (bicyclic) bond motifs is 2. The number of nitrogens with zero attached hydrogens (tertiary/aromatic N) is 1. The summed E-state index contributed by atoms with van der Waals surface area (Å²) in [7, 11) is 0. The van der Waals surface area contributed by atoms with Crippen LogP contribution in [0.5, 0.6) is 0 Å². The van der Waals surface area contributed by atoms with Gasteiger partial charge in [0.05, 0.1) is 6.54 Å². The third-order valence-corrected chi connectivity index (χ3v) is 3.98. The van der Waals surface area contributed by atoms with Gasteiger partial charge in [-0.1, -0.05) is 30.3 Å². The van der Waals surface area contributed by atoms with Crippen molar-refractivity contribution in [2.24, 2.45) is 0 Å². The van der Waals surface area contributed by atoms with Crippen LogP contribution in [0.1, 0.15) is 22.3 Å². The normalized spacial score (nSPS) is 12.8. The van der Waals surface area contributed by atoms with Gasteiger partial charge in [0.1, 0.15) is 6.29 Å². The minimum atomic E-state index is 0.411. The van der Waals surface area contributed by atoms with Gasteiger partial charge in [-0.15, -0.1) is 0 Å². The molecule has 1 heterocycles. The number of aldehydes is 1. The molecular formula is C17H17NO. The summed E-state index contributed by atoms with van der Waals surface area (Å²) in [6, 6.07) is 12.7. The Morgan fingerprint density at radius 2 is 1.89 bits per heavy atom. The number of carbonyl (C=O) groups excluding carboxylic acids is 1. The standard InChI is InChI=1S/C17H17NO/c1-12-7-8-15-11-14-5-3-4-6-16(14)18(9-10-19)17(15)13(12)2/h3-8,10H,9,11H2,1-2H3. The molecule has 2 aromatic rings. The minimum Gasteiger partial charge on any atom is -0.334 e.